The average molecular weight is 234 g/mol. The third kappa shape index (κ3) is 6.06. The van der Waals surface area contributed by atoms with Crippen LogP contribution >= 0.6 is 12.4 Å². The van der Waals surface area contributed by atoms with Gasteiger partial charge < -0.3 is 10.0 Å². The van der Waals surface area contributed by atoms with Gasteiger partial charge in [0.05, 0.1) is 0 Å². The van der Waals surface area contributed by atoms with Crippen LogP contribution in [-0.2, 0) is 0 Å². The van der Waals surface area contributed by atoms with E-state index >= 15 is 0 Å². The number of halogens is 1. The van der Waals surface area contributed by atoms with E-state index in [1.165, 1.54) is 50.9 Å². The van der Waals surface area contributed by atoms with E-state index in [0.717, 1.165) is 6.42 Å². The molecule has 0 aromatic heterocycles. The highest BCUT2D eigenvalue weighted by Gasteiger charge is 2.09. The molecule has 0 fully saturated rings. The number of aliphatic hydroxyl groups is 1. The summed E-state index contributed by atoms with van der Waals surface area (Å²) in [6, 6.07) is 0. The summed E-state index contributed by atoms with van der Waals surface area (Å²) in [7, 11) is 0. The summed E-state index contributed by atoms with van der Waals surface area (Å²) in [5.74, 6) is 0. The molecule has 0 aromatic rings. The van der Waals surface area contributed by atoms with Crippen LogP contribution in [0.4, 0.5) is 0 Å². The van der Waals surface area contributed by atoms with E-state index in [2.05, 4.69) is 17.9 Å². The van der Waals surface area contributed by atoms with Crippen molar-refractivity contribution >= 4 is 12.4 Å². The lowest BCUT2D eigenvalue weighted by molar-refractivity contribution is 0.281. The molecule has 0 saturated carbocycles. The SMILES string of the molecule is CC1=CCCN1CCCCCCCO.Cl. The third-order valence-electron chi connectivity index (χ3n) is 2.92. The van der Waals surface area contributed by atoms with Crippen LogP contribution in [0.3, 0.4) is 0 Å². The fourth-order valence-electron chi connectivity index (χ4n) is 1.97. The van der Waals surface area contributed by atoms with Gasteiger partial charge in [-0.05, 0) is 26.2 Å². The zero-order valence-corrected chi connectivity index (χ0v) is 10.6. The van der Waals surface area contributed by atoms with Gasteiger partial charge in [-0.1, -0.05) is 25.3 Å². The van der Waals surface area contributed by atoms with E-state index in [-0.39, 0.29) is 12.4 Å². The number of nitrogens with zero attached hydrogens (tertiary/aromatic N) is 1. The van der Waals surface area contributed by atoms with Crippen molar-refractivity contribution in [2.75, 3.05) is 19.7 Å². The molecule has 0 amide bonds. The maximum absolute atomic E-state index is 8.61. The molecule has 1 rings (SSSR count). The first-order valence-corrected chi connectivity index (χ1v) is 5.87. The van der Waals surface area contributed by atoms with Crippen LogP contribution in [0.15, 0.2) is 11.8 Å². The maximum atomic E-state index is 8.61. The highest BCUT2D eigenvalue weighted by molar-refractivity contribution is 5.85. The minimum atomic E-state index is 0. The Labute approximate surface area is 99.8 Å². The normalized spacial score (nSPS) is 15.1. The van der Waals surface area contributed by atoms with Crippen LogP contribution in [0.5, 0.6) is 0 Å². The van der Waals surface area contributed by atoms with Gasteiger partial charge >= 0.3 is 0 Å². The molecule has 3 heteroatoms. The lowest BCUT2D eigenvalue weighted by Crippen LogP contribution is -2.19. The van der Waals surface area contributed by atoms with Crippen molar-refractivity contribution in [2.45, 2.75) is 45.4 Å². The van der Waals surface area contributed by atoms with Crippen molar-refractivity contribution in [1.82, 2.24) is 4.90 Å². The lowest BCUT2D eigenvalue weighted by atomic mass is 10.1. The van der Waals surface area contributed by atoms with Crippen molar-refractivity contribution in [3.8, 4) is 0 Å². The van der Waals surface area contributed by atoms with Gasteiger partial charge in [-0.2, -0.15) is 0 Å². The van der Waals surface area contributed by atoms with Gasteiger partial charge in [0.25, 0.3) is 0 Å². The Balaban J connectivity index is 0.00000196. The second-order valence-corrected chi connectivity index (χ2v) is 4.11. The van der Waals surface area contributed by atoms with Crippen molar-refractivity contribution < 1.29 is 5.11 Å². The smallest absolute Gasteiger partial charge is 0.0431 e. The molecule has 1 aliphatic heterocycles. The van der Waals surface area contributed by atoms with E-state index in [0.29, 0.717) is 6.61 Å². The second kappa shape index (κ2) is 9.05. The molecule has 1 aliphatic rings. The highest BCUT2D eigenvalue weighted by atomic mass is 35.5. The van der Waals surface area contributed by atoms with Crippen LogP contribution in [0.25, 0.3) is 0 Å². The van der Waals surface area contributed by atoms with Crippen LogP contribution in [-0.4, -0.2) is 29.7 Å². The van der Waals surface area contributed by atoms with Crippen molar-refractivity contribution in [1.29, 1.82) is 0 Å². The molecule has 0 spiro atoms. The molecule has 0 radical (unpaired) electrons. The van der Waals surface area contributed by atoms with Gasteiger partial charge in [0.2, 0.25) is 0 Å². The van der Waals surface area contributed by atoms with E-state index in [1.807, 2.05) is 0 Å². The number of aliphatic hydroxyl groups excluding tert-OH is 1. The first kappa shape index (κ1) is 14.8. The zero-order chi connectivity index (χ0) is 10.2. The largest absolute Gasteiger partial charge is 0.396 e. The summed E-state index contributed by atoms with van der Waals surface area (Å²) in [5.41, 5.74) is 1.46. The Morgan fingerprint density at radius 1 is 1.20 bits per heavy atom. The lowest BCUT2D eigenvalue weighted by Gasteiger charge is -2.19. The minimum Gasteiger partial charge on any atom is -0.396 e. The Kier molecular flexibility index (Phi) is 8.92. The number of rotatable bonds is 7. The fraction of sp³-hybridized carbons (Fsp3) is 0.833. The molecule has 15 heavy (non-hydrogen) atoms. The van der Waals surface area contributed by atoms with E-state index < -0.39 is 0 Å². The predicted octanol–water partition coefficient (Wildman–Crippen LogP) is 2.96. The van der Waals surface area contributed by atoms with Gasteiger partial charge in [0, 0.05) is 25.4 Å². The third-order valence-corrected chi connectivity index (χ3v) is 2.92. The van der Waals surface area contributed by atoms with Crippen molar-refractivity contribution in [3.05, 3.63) is 11.8 Å². The summed E-state index contributed by atoms with van der Waals surface area (Å²) in [5, 5.41) is 8.61. The first-order valence-electron chi connectivity index (χ1n) is 5.87. The van der Waals surface area contributed by atoms with Crippen molar-refractivity contribution in [2.24, 2.45) is 0 Å². The van der Waals surface area contributed by atoms with E-state index in [9.17, 15) is 0 Å². The molecule has 0 unspecified atom stereocenters. The molecule has 0 atom stereocenters. The maximum Gasteiger partial charge on any atom is 0.0431 e. The number of allylic oxidation sites excluding steroid dienone is 1. The van der Waals surface area contributed by atoms with Crippen LogP contribution in [0.1, 0.15) is 45.4 Å². The highest BCUT2D eigenvalue weighted by Crippen LogP contribution is 2.15. The monoisotopic (exact) mass is 233 g/mol. The van der Waals surface area contributed by atoms with Gasteiger partial charge in [-0.25, -0.2) is 0 Å². The van der Waals surface area contributed by atoms with E-state index in [1.54, 1.807) is 0 Å². The fourth-order valence-corrected chi connectivity index (χ4v) is 1.97. The number of hydrogen-bond donors (Lipinski definition) is 1. The van der Waals surface area contributed by atoms with Gasteiger partial charge in [-0.15, -0.1) is 12.4 Å². The molecule has 1 heterocycles. The summed E-state index contributed by atoms with van der Waals surface area (Å²) in [4.78, 5) is 2.48. The summed E-state index contributed by atoms with van der Waals surface area (Å²) in [6.07, 6.45) is 9.60. The molecular formula is C12H24ClNO. The van der Waals surface area contributed by atoms with Crippen LogP contribution in [0, 0.1) is 0 Å². The topological polar surface area (TPSA) is 23.5 Å². The molecule has 0 bridgehead atoms. The Bertz CT molecular complexity index is 182. The number of unbranched alkanes of at least 4 members (excludes halogenated alkanes) is 4. The predicted molar refractivity (Wildman–Crippen MR) is 67.4 cm³/mol. The Morgan fingerprint density at radius 3 is 2.47 bits per heavy atom. The Hall–Kier alpha value is -0.210. The molecular weight excluding hydrogens is 210 g/mol. The van der Waals surface area contributed by atoms with Gasteiger partial charge in [0.15, 0.2) is 0 Å². The molecule has 90 valence electrons. The molecule has 2 nitrogen and oxygen atoms in total. The quantitative estimate of drug-likeness (QED) is 0.684. The van der Waals surface area contributed by atoms with Crippen LogP contribution < -0.4 is 0 Å². The van der Waals surface area contributed by atoms with Gasteiger partial charge in [0.1, 0.15) is 0 Å². The van der Waals surface area contributed by atoms with E-state index in [4.69, 9.17) is 5.11 Å². The standard InChI is InChI=1S/C12H23NO.ClH/c1-12-8-7-10-13(12)9-5-3-2-4-6-11-14;/h8,14H,2-7,9-11H2,1H3;1H. The summed E-state index contributed by atoms with van der Waals surface area (Å²) in [6.45, 7) is 5.01. The minimum absolute atomic E-state index is 0. The van der Waals surface area contributed by atoms with Crippen molar-refractivity contribution in [3.63, 3.8) is 0 Å². The van der Waals surface area contributed by atoms with Gasteiger partial charge in [-0.3, -0.25) is 0 Å². The summed E-state index contributed by atoms with van der Waals surface area (Å²) >= 11 is 0. The second-order valence-electron chi connectivity index (χ2n) is 4.11. The Morgan fingerprint density at radius 2 is 1.87 bits per heavy atom. The van der Waals surface area contributed by atoms with Crippen LogP contribution in [0.2, 0.25) is 0 Å². The number of hydrogen-bond acceptors (Lipinski definition) is 2. The molecule has 0 saturated heterocycles. The zero-order valence-electron chi connectivity index (χ0n) is 9.74. The summed E-state index contributed by atoms with van der Waals surface area (Å²) < 4.78 is 0. The molecule has 0 aliphatic carbocycles. The first-order chi connectivity index (χ1) is 6.84. The molecule has 0 aromatic carbocycles. The molecule has 1 N–H and O–H groups in total. The average Bonchev–Trinajstić information content (AvgIpc) is 2.58.